The van der Waals surface area contributed by atoms with Crippen LogP contribution >= 0.6 is 0 Å². The van der Waals surface area contributed by atoms with Gasteiger partial charge in [0.15, 0.2) is 0 Å². The minimum absolute atomic E-state index is 0.590. The molecule has 0 spiro atoms. The average Bonchev–Trinajstić information content (AvgIpc) is 2.43. The maximum Gasteiger partial charge on any atom is 0.109 e. The van der Waals surface area contributed by atoms with Crippen molar-refractivity contribution in [3.63, 3.8) is 0 Å². The van der Waals surface area contributed by atoms with Crippen LogP contribution in [0.3, 0.4) is 0 Å². The minimum atomic E-state index is 0.590. The van der Waals surface area contributed by atoms with Crippen LogP contribution in [0.2, 0.25) is 5.31 Å². The number of hydrogen-bond donors (Lipinski definition) is 0. The second-order valence-electron chi connectivity index (χ2n) is 7.85. The van der Waals surface area contributed by atoms with Gasteiger partial charge < -0.3 is 0 Å². The third-order valence-corrected chi connectivity index (χ3v) is 5.93. The molecule has 3 rings (SSSR count). The minimum Gasteiger partial charge on any atom is -0.0667 e. The molecule has 1 heteroatoms. The molecule has 0 nitrogen and oxygen atoms in total. The SMILES string of the molecule is BC(C)(CCC)C1CC2CCCCC(CCC2)C1. The summed E-state index contributed by atoms with van der Waals surface area (Å²) in [6.07, 6.45) is 16.6. The Morgan fingerprint density at radius 3 is 1.94 bits per heavy atom. The lowest BCUT2D eigenvalue weighted by atomic mass is 9.55. The third-order valence-electron chi connectivity index (χ3n) is 5.93. The average molecular weight is 248 g/mol. The molecule has 0 saturated heterocycles. The molecule has 3 aliphatic carbocycles. The van der Waals surface area contributed by atoms with Crippen molar-refractivity contribution in [2.75, 3.05) is 0 Å². The number of fused-ring (bicyclic) bond motifs is 7. The number of hydrogen-bond acceptors (Lipinski definition) is 0. The summed E-state index contributed by atoms with van der Waals surface area (Å²) in [5, 5.41) is 0.590. The van der Waals surface area contributed by atoms with E-state index in [2.05, 4.69) is 21.7 Å². The third kappa shape index (κ3) is 3.78. The summed E-state index contributed by atoms with van der Waals surface area (Å²) >= 11 is 0. The first-order chi connectivity index (χ1) is 8.62. The van der Waals surface area contributed by atoms with Crippen LogP contribution in [0.1, 0.15) is 84.5 Å². The van der Waals surface area contributed by atoms with E-state index in [0.29, 0.717) is 5.31 Å². The molecule has 0 aliphatic heterocycles. The highest BCUT2D eigenvalue weighted by Crippen LogP contribution is 2.48. The predicted octanol–water partition coefficient (Wildman–Crippen LogP) is 4.98. The van der Waals surface area contributed by atoms with Crippen LogP contribution in [0.15, 0.2) is 0 Å². The summed E-state index contributed by atoms with van der Waals surface area (Å²) in [6.45, 7) is 4.91. The van der Waals surface area contributed by atoms with Gasteiger partial charge >= 0.3 is 0 Å². The van der Waals surface area contributed by atoms with Gasteiger partial charge in [-0.2, -0.15) is 0 Å². The van der Waals surface area contributed by atoms with Crippen LogP contribution < -0.4 is 0 Å². The fraction of sp³-hybridized carbons (Fsp3) is 1.00. The molecule has 0 heterocycles. The Kier molecular flexibility index (Phi) is 5.21. The van der Waals surface area contributed by atoms with Crippen molar-refractivity contribution >= 4 is 7.85 Å². The van der Waals surface area contributed by atoms with Gasteiger partial charge in [0.1, 0.15) is 7.85 Å². The van der Waals surface area contributed by atoms with Crippen LogP contribution in [-0.4, -0.2) is 7.85 Å². The van der Waals surface area contributed by atoms with E-state index in [0.717, 1.165) is 17.8 Å². The van der Waals surface area contributed by atoms with Gasteiger partial charge in [0.05, 0.1) is 0 Å². The summed E-state index contributed by atoms with van der Waals surface area (Å²) in [4.78, 5) is 0. The lowest BCUT2D eigenvalue weighted by Gasteiger charge is -2.40. The second-order valence-corrected chi connectivity index (χ2v) is 7.85. The molecule has 3 aliphatic rings. The summed E-state index contributed by atoms with van der Waals surface area (Å²) in [5.41, 5.74) is 0. The normalized spacial score (nSPS) is 37.1. The quantitative estimate of drug-likeness (QED) is 0.617. The Morgan fingerprint density at radius 1 is 0.944 bits per heavy atom. The van der Waals surface area contributed by atoms with Gasteiger partial charge in [0.2, 0.25) is 0 Å². The Labute approximate surface area is 116 Å². The highest BCUT2D eigenvalue weighted by Gasteiger charge is 2.34. The van der Waals surface area contributed by atoms with E-state index in [-0.39, 0.29) is 0 Å². The van der Waals surface area contributed by atoms with E-state index in [1.54, 1.807) is 12.8 Å². The highest BCUT2D eigenvalue weighted by atomic mass is 14.4. The fourth-order valence-corrected chi connectivity index (χ4v) is 4.71. The molecule has 0 aromatic rings. The standard InChI is InChI=1S/C17H33B/c1-3-11-17(2,18)16-12-14-7-4-5-8-15(13-16)10-6-9-14/h14-16H,3-13,18H2,1-2H3. The zero-order chi connectivity index (χ0) is 13.0. The molecule has 3 atom stereocenters. The van der Waals surface area contributed by atoms with Crippen LogP contribution in [0.4, 0.5) is 0 Å². The second kappa shape index (κ2) is 6.48. The summed E-state index contributed by atoms with van der Waals surface area (Å²) < 4.78 is 0. The molecular formula is C17H33B. The molecule has 0 aromatic heterocycles. The predicted molar refractivity (Wildman–Crippen MR) is 83.8 cm³/mol. The zero-order valence-electron chi connectivity index (χ0n) is 13.0. The van der Waals surface area contributed by atoms with E-state index in [4.69, 9.17) is 0 Å². The van der Waals surface area contributed by atoms with Crippen molar-refractivity contribution in [2.24, 2.45) is 17.8 Å². The topological polar surface area (TPSA) is 0 Å². The van der Waals surface area contributed by atoms with Gasteiger partial charge in [0, 0.05) is 0 Å². The molecule has 0 aromatic carbocycles. The number of rotatable bonds is 3. The van der Waals surface area contributed by atoms with Gasteiger partial charge in [-0.05, 0) is 30.6 Å². The monoisotopic (exact) mass is 248 g/mol. The van der Waals surface area contributed by atoms with E-state index in [1.165, 1.54) is 57.8 Å². The first-order valence-electron chi connectivity index (χ1n) is 8.62. The Bertz CT molecular complexity index is 226. The molecule has 0 amide bonds. The Balaban J connectivity index is 2.09. The molecular weight excluding hydrogens is 215 g/mol. The smallest absolute Gasteiger partial charge is 0.0667 e. The largest absolute Gasteiger partial charge is 0.109 e. The van der Waals surface area contributed by atoms with Crippen molar-refractivity contribution < 1.29 is 0 Å². The van der Waals surface area contributed by atoms with E-state index in [9.17, 15) is 0 Å². The molecule has 3 saturated carbocycles. The molecule has 0 N–H and O–H groups in total. The van der Waals surface area contributed by atoms with Crippen molar-refractivity contribution in [3.8, 4) is 0 Å². The van der Waals surface area contributed by atoms with Gasteiger partial charge in [-0.25, -0.2) is 0 Å². The summed E-state index contributed by atoms with van der Waals surface area (Å²) in [7, 11) is 2.55. The van der Waals surface area contributed by atoms with Crippen molar-refractivity contribution in [3.05, 3.63) is 0 Å². The highest BCUT2D eigenvalue weighted by molar-refractivity contribution is 6.15. The van der Waals surface area contributed by atoms with Crippen LogP contribution in [-0.2, 0) is 0 Å². The molecule has 104 valence electrons. The first-order valence-corrected chi connectivity index (χ1v) is 8.62. The van der Waals surface area contributed by atoms with Crippen molar-refractivity contribution in [1.82, 2.24) is 0 Å². The van der Waals surface area contributed by atoms with Crippen molar-refractivity contribution in [2.45, 2.75) is 89.8 Å². The fourth-order valence-electron chi connectivity index (χ4n) is 4.71. The van der Waals surface area contributed by atoms with Gasteiger partial charge in [-0.3, -0.25) is 0 Å². The molecule has 2 bridgehead atoms. The maximum atomic E-state index is 2.55. The van der Waals surface area contributed by atoms with Crippen molar-refractivity contribution in [1.29, 1.82) is 0 Å². The molecule has 3 fully saturated rings. The molecule has 18 heavy (non-hydrogen) atoms. The molecule has 3 unspecified atom stereocenters. The van der Waals surface area contributed by atoms with Crippen LogP contribution in [0.25, 0.3) is 0 Å². The summed E-state index contributed by atoms with van der Waals surface area (Å²) in [6, 6.07) is 0. The van der Waals surface area contributed by atoms with Crippen LogP contribution in [0, 0.1) is 17.8 Å². The van der Waals surface area contributed by atoms with E-state index < -0.39 is 0 Å². The van der Waals surface area contributed by atoms with Gasteiger partial charge in [-0.15, -0.1) is 0 Å². The van der Waals surface area contributed by atoms with Crippen LogP contribution in [0.5, 0.6) is 0 Å². The summed E-state index contributed by atoms with van der Waals surface area (Å²) in [5.74, 6) is 3.13. The van der Waals surface area contributed by atoms with E-state index in [1.807, 2.05) is 0 Å². The Hall–Kier alpha value is 0.0649. The van der Waals surface area contributed by atoms with Gasteiger partial charge in [0.25, 0.3) is 0 Å². The lowest BCUT2D eigenvalue weighted by Crippen LogP contribution is -2.27. The lowest BCUT2D eigenvalue weighted by molar-refractivity contribution is 0.197. The Morgan fingerprint density at radius 2 is 1.44 bits per heavy atom. The van der Waals surface area contributed by atoms with E-state index >= 15 is 0 Å². The molecule has 0 radical (unpaired) electrons. The first kappa shape index (κ1) is 14.5. The zero-order valence-corrected chi connectivity index (χ0v) is 13.0. The van der Waals surface area contributed by atoms with Gasteiger partial charge in [-0.1, -0.05) is 76.9 Å². The maximum absolute atomic E-state index is 2.55.